The third-order valence-electron chi connectivity index (χ3n) is 5.05. The summed E-state index contributed by atoms with van der Waals surface area (Å²) in [6.45, 7) is -2.91. The molecule has 5 rings (SSSR count). The zero-order valence-corrected chi connectivity index (χ0v) is 16.4. The fraction of sp³-hybridized carbons (Fsp3) is 0.0870. The molecule has 4 aromatic rings. The normalized spacial score (nSPS) is 15.6. The third kappa shape index (κ3) is 3.29. The van der Waals surface area contributed by atoms with Crippen molar-refractivity contribution in [3.05, 3.63) is 95.0 Å². The van der Waals surface area contributed by atoms with Crippen LogP contribution in [0, 0.1) is 0 Å². The molecule has 0 aliphatic carbocycles. The number of allylic oxidation sites excluding steroid dienone is 1. The van der Waals surface area contributed by atoms with Crippen molar-refractivity contribution in [3.8, 4) is 5.75 Å². The van der Waals surface area contributed by atoms with Crippen molar-refractivity contribution >= 4 is 34.3 Å². The van der Waals surface area contributed by atoms with Crippen molar-refractivity contribution in [2.45, 2.75) is 12.7 Å². The minimum atomic E-state index is -2.91. The lowest BCUT2D eigenvalue weighted by molar-refractivity contribution is -0.0505. The van der Waals surface area contributed by atoms with E-state index in [0.717, 1.165) is 22.3 Å². The summed E-state index contributed by atoms with van der Waals surface area (Å²) in [6, 6.07) is 21.6. The van der Waals surface area contributed by atoms with Gasteiger partial charge in [-0.1, -0.05) is 54.1 Å². The Balaban J connectivity index is 1.71. The highest BCUT2D eigenvalue weighted by Gasteiger charge is 2.27. The van der Waals surface area contributed by atoms with Crippen molar-refractivity contribution in [1.29, 1.82) is 0 Å². The molecule has 1 N–H and O–H groups in total. The number of anilines is 1. The quantitative estimate of drug-likeness (QED) is 0.416. The lowest BCUT2D eigenvalue weighted by atomic mass is 10.00. The van der Waals surface area contributed by atoms with Crippen LogP contribution in [-0.4, -0.2) is 16.2 Å². The lowest BCUT2D eigenvalue weighted by Crippen LogP contribution is -2.20. The van der Waals surface area contributed by atoms with E-state index in [1.165, 1.54) is 0 Å². The smallest absolute Gasteiger partial charge is 0.387 e. The number of halogens is 3. The van der Waals surface area contributed by atoms with Crippen LogP contribution in [0.25, 0.3) is 16.7 Å². The van der Waals surface area contributed by atoms with E-state index < -0.39 is 12.7 Å². The summed E-state index contributed by atoms with van der Waals surface area (Å²) in [5, 5.41) is 4.00. The van der Waals surface area contributed by atoms with Crippen LogP contribution in [0.15, 0.2) is 78.9 Å². The monoisotopic (exact) mass is 423 g/mol. The molecule has 0 unspecified atom stereocenters. The average Bonchev–Trinajstić information content (AvgIpc) is 3.12. The number of aromatic nitrogens is 2. The Bertz CT molecular complexity index is 1250. The van der Waals surface area contributed by atoms with Crippen LogP contribution in [0.4, 0.5) is 14.7 Å². The van der Waals surface area contributed by atoms with E-state index in [0.29, 0.717) is 16.5 Å². The predicted molar refractivity (Wildman–Crippen MR) is 114 cm³/mol. The van der Waals surface area contributed by atoms with Gasteiger partial charge in [-0.3, -0.25) is 4.57 Å². The molecule has 0 amide bonds. The molecular weight excluding hydrogens is 408 g/mol. The first-order chi connectivity index (χ1) is 14.6. The molecule has 0 saturated carbocycles. The molecule has 30 heavy (non-hydrogen) atoms. The van der Waals surface area contributed by atoms with E-state index in [-0.39, 0.29) is 5.75 Å². The second kappa shape index (κ2) is 7.46. The summed E-state index contributed by atoms with van der Waals surface area (Å²) in [5.74, 6) is 0.760. The highest BCUT2D eigenvalue weighted by molar-refractivity contribution is 6.30. The fourth-order valence-electron chi connectivity index (χ4n) is 3.76. The number of hydrogen-bond donors (Lipinski definition) is 1. The average molecular weight is 424 g/mol. The van der Waals surface area contributed by atoms with Gasteiger partial charge in [0.15, 0.2) is 0 Å². The molecule has 2 heterocycles. The number of hydrogen-bond acceptors (Lipinski definition) is 3. The number of fused-ring (bicyclic) bond motifs is 3. The van der Waals surface area contributed by atoms with E-state index in [9.17, 15) is 8.78 Å². The summed E-state index contributed by atoms with van der Waals surface area (Å²) < 4.78 is 32.9. The molecule has 0 bridgehead atoms. The van der Waals surface area contributed by atoms with Crippen molar-refractivity contribution in [2.75, 3.05) is 5.32 Å². The number of para-hydroxylation sites is 3. The molecule has 0 saturated heterocycles. The highest BCUT2D eigenvalue weighted by Crippen LogP contribution is 2.40. The van der Waals surface area contributed by atoms with E-state index in [2.05, 4.69) is 5.32 Å². The molecule has 1 aliphatic heterocycles. The van der Waals surface area contributed by atoms with Crippen LogP contribution in [-0.2, 0) is 0 Å². The summed E-state index contributed by atoms with van der Waals surface area (Å²) >= 11 is 6.03. The van der Waals surface area contributed by atoms with Crippen LogP contribution in [0.5, 0.6) is 5.75 Å². The number of ether oxygens (including phenoxy) is 1. The highest BCUT2D eigenvalue weighted by atomic mass is 35.5. The van der Waals surface area contributed by atoms with E-state index in [4.69, 9.17) is 21.3 Å². The Labute approximate surface area is 176 Å². The molecular formula is C23H16ClF2N3O. The molecule has 1 aliphatic rings. The Morgan fingerprint density at radius 1 is 0.967 bits per heavy atom. The standard InChI is InChI=1S/C23H16ClF2N3O/c24-15-11-9-14(10-12-15)18-13-20(16-5-1-4-8-21(16)30-22(25)26)29-19-7-3-2-6-17(19)27-23(29)28-18/h1-13,20,22H,(H,27,28)/t20-/m1/s1. The van der Waals surface area contributed by atoms with Gasteiger partial charge in [0.1, 0.15) is 5.75 Å². The van der Waals surface area contributed by atoms with Gasteiger partial charge < -0.3 is 10.1 Å². The van der Waals surface area contributed by atoms with Crippen molar-refractivity contribution < 1.29 is 13.5 Å². The van der Waals surface area contributed by atoms with Gasteiger partial charge >= 0.3 is 6.61 Å². The Morgan fingerprint density at radius 3 is 2.50 bits per heavy atom. The van der Waals surface area contributed by atoms with Crippen molar-refractivity contribution in [1.82, 2.24) is 9.55 Å². The number of alkyl halides is 2. The van der Waals surface area contributed by atoms with E-state index >= 15 is 0 Å². The molecule has 0 spiro atoms. The Morgan fingerprint density at radius 2 is 1.70 bits per heavy atom. The van der Waals surface area contributed by atoms with Crippen LogP contribution < -0.4 is 10.1 Å². The van der Waals surface area contributed by atoms with Gasteiger partial charge in [0.2, 0.25) is 5.95 Å². The molecule has 1 atom stereocenters. The number of nitrogens with zero attached hydrogens (tertiary/aromatic N) is 2. The largest absolute Gasteiger partial charge is 0.434 e. The SMILES string of the molecule is FC(F)Oc1ccccc1[C@H]1C=C(c2ccc(Cl)cc2)Nc2nc3ccccc3n21. The number of rotatable bonds is 4. The Kier molecular flexibility index (Phi) is 4.64. The lowest BCUT2D eigenvalue weighted by Gasteiger charge is -2.27. The van der Waals surface area contributed by atoms with Gasteiger partial charge in [0.25, 0.3) is 0 Å². The van der Waals surface area contributed by atoms with Gasteiger partial charge in [0.05, 0.1) is 17.1 Å². The third-order valence-corrected chi connectivity index (χ3v) is 5.31. The summed E-state index contributed by atoms with van der Waals surface area (Å²) in [5.41, 5.74) is 4.04. The second-order valence-corrected chi connectivity index (χ2v) is 7.30. The second-order valence-electron chi connectivity index (χ2n) is 6.87. The zero-order chi connectivity index (χ0) is 20.7. The predicted octanol–water partition coefficient (Wildman–Crippen LogP) is 6.35. The maximum absolute atomic E-state index is 13.1. The molecule has 1 aromatic heterocycles. The topological polar surface area (TPSA) is 39.1 Å². The maximum atomic E-state index is 13.1. The van der Waals surface area contributed by atoms with Gasteiger partial charge in [0, 0.05) is 16.3 Å². The molecule has 7 heteroatoms. The molecule has 3 aromatic carbocycles. The zero-order valence-electron chi connectivity index (χ0n) is 15.6. The minimum Gasteiger partial charge on any atom is -0.434 e. The molecule has 0 fully saturated rings. The van der Waals surface area contributed by atoms with Gasteiger partial charge in [-0.05, 0) is 42.0 Å². The van der Waals surface area contributed by atoms with Gasteiger partial charge in [-0.15, -0.1) is 0 Å². The van der Waals surface area contributed by atoms with E-state index in [1.807, 2.05) is 53.1 Å². The molecule has 4 nitrogen and oxygen atoms in total. The van der Waals surface area contributed by atoms with Crippen LogP contribution in [0.2, 0.25) is 5.02 Å². The van der Waals surface area contributed by atoms with Gasteiger partial charge in [-0.2, -0.15) is 8.78 Å². The first-order valence-electron chi connectivity index (χ1n) is 9.35. The first-order valence-corrected chi connectivity index (χ1v) is 9.73. The van der Waals surface area contributed by atoms with Crippen LogP contribution >= 0.6 is 11.6 Å². The Hall–Kier alpha value is -3.38. The van der Waals surface area contributed by atoms with Crippen LogP contribution in [0.1, 0.15) is 17.2 Å². The summed E-state index contributed by atoms with van der Waals surface area (Å²) in [6.07, 6.45) is 1.98. The van der Waals surface area contributed by atoms with Crippen molar-refractivity contribution in [3.63, 3.8) is 0 Å². The van der Waals surface area contributed by atoms with E-state index in [1.54, 1.807) is 30.3 Å². The number of benzene rings is 3. The number of nitrogens with one attached hydrogen (secondary N) is 1. The summed E-state index contributed by atoms with van der Waals surface area (Å²) in [7, 11) is 0. The maximum Gasteiger partial charge on any atom is 0.387 e. The van der Waals surface area contributed by atoms with Crippen molar-refractivity contribution in [2.24, 2.45) is 0 Å². The van der Waals surface area contributed by atoms with Crippen LogP contribution in [0.3, 0.4) is 0 Å². The number of imidazole rings is 1. The molecule has 0 radical (unpaired) electrons. The molecule has 150 valence electrons. The minimum absolute atomic E-state index is 0.134. The fourth-order valence-corrected chi connectivity index (χ4v) is 3.89. The van der Waals surface area contributed by atoms with Gasteiger partial charge in [-0.25, -0.2) is 4.98 Å². The summed E-state index contributed by atoms with van der Waals surface area (Å²) in [4.78, 5) is 4.71. The first kappa shape index (κ1) is 18.6.